The third-order valence-electron chi connectivity index (χ3n) is 3.15. The number of carbonyl (C=O) groups excluding carboxylic acids is 1. The number of hydrogen-bond donors (Lipinski definition) is 0. The quantitative estimate of drug-likeness (QED) is 0.635. The van der Waals surface area contributed by atoms with E-state index in [1.807, 2.05) is 60.7 Å². The van der Waals surface area contributed by atoms with Gasteiger partial charge in [-0.2, -0.15) is 0 Å². The number of ether oxygens (including phenoxy) is 1. The number of likely N-dealkylation sites (N-methyl/N-ethyl adjacent to an activating group) is 1. The van der Waals surface area contributed by atoms with Gasteiger partial charge in [-0.3, -0.25) is 4.79 Å². The van der Waals surface area contributed by atoms with Crippen LogP contribution >= 0.6 is 0 Å². The fourth-order valence-electron chi connectivity index (χ4n) is 1.99. The Balaban J connectivity index is 2.43. The van der Waals surface area contributed by atoms with Crippen molar-refractivity contribution in [2.75, 3.05) is 21.2 Å². The first-order chi connectivity index (χ1) is 10.1. The van der Waals surface area contributed by atoms with E-state index in [1.54, 1.807) is 26.1 Å². The summed E-state index contributed by atoms with van der Waals surface area (Å²) in [5, 5.41) is 0. The highest BCUT2D eigenvalue weighted by Gasteiger charge is 2.13. The summed E-state index contributed by atoms with van der Waals surface area (Å²) in [4.78, 5) is 14.0. The lowest BCUT2D eigenvalue weighted by molar-refractivity contribution is -0.122. The van der Waals surface area contributed by atoms with Crippen LogP contribution in [0.2, 0.25) is 0 Å². The zero-order chi connectivity index (χ0) is 15.2. The molecule has 0 N–H and O–H groups in total. The molecule has 0 heterocycles. The summed E-state index contributed by atoms with van der Waals surface area (Å²) in [6, 6.07) is 17.3. The van der Waals surface area contributed by atoms with Crippen molar-refractivity contribution in [3.63, 3.8) is 0 Å². The Hall–Kier alpha value is -2.55. The highest BCUT2D eigenvalue weighted by molar-refractivity contribution is 6.23. The largest absolute Gasteiger partial charge is 0.497 e. The molecule has 3 nitrogen and oxygen atoms in total. The lowest BCUT2D eigenvalue weighted by Gasteiger charge is -2.14. The molecular weight excluding hydrogens is 262 g/mol. The fourth-order valence-corrected chi connectivity index (χ4v) is 1.99. The molecule has 0 aliphatic heterocycles. The van der Waals surface area contributed by atoms with Gasteiger partial charge >= 0.3 is 0 Å². The summed E-state index contributed by atoms with van der Waals surface area (Å²) < 4.78 is 5.15. The summed E-state index contributed by atoms with van der Waals surface area (Å²) in [6.45, 7) is 0. The van der Waals surface area contributed by atoms with Gasteiger partial charge in [-0.05, 0) is 29.3 Å². The van der Waals surface area contributed by atoms with Crippen molar-refractivity contribution in [1.82, 2.24) is 4.90 Å². The van der Waals surface area contributed by atoms with Gasteiger partial charge in [0, 0.05) is 19.7 Å². The average molecular weight is 281 g/mol. The number of hydrogen-bond acceptors (Lipinski definition) is 2. The Morgan fingerprint density at radius 1 is 1.00 bits per heavy atom. The Morgan fingerprint density at radius 3 is 2.14 bits per heavy atom. The fraction of sp³-hybridized carbons (Fsp3) is 0.167. The summed E-state index contributed by atoms with van der Waals surface area (Å²) in [5.41, 5.74) is 2.54. The molecule has 0 radical (unpaired) electrons. The number of rotatable bonds is 4. The molecule has 0 aliphatic rings. The highest BCUT2D eigenvalue weighted by Crippen LogP contribution is 2.21. The second-order valence-corrected chi connectivity index (χ2v) is 4.90. The topological polar surface area (TPSA) is 29.5 Å². The number of methoxy groups -OCH3 is 1. The molecule has 0 spiro atoms. The summed E-state index contributed by atoms with van der Waals surface area (Å²) >= 11 is 0. The van der Waals surface area contributed by atoms with E-state index in [0.29, 0.717) is 5.57 Å². The van der Waals surface area contributed by atoms with Crippen molar-refractivity contribution in [3.05, 3.63) is 65.7 Å². The molecule has 2 aromatic rings. The van der Waals surface area contributed by atoms with E-state index >= 15 is 0 Å². The van der Waals surface area contributed by atoms with Crippen LogP contribution in [-0.4, -0.2) is 32.0 Å². The predicted molar refractivity (Wildman–Crippen MR) is 86.0 cm³/mol. The minimum Gasteiger partial charge on any atom is -0.497 e. The van der Waals surface area contributed by atoms with E-state index in [1.165, 1.54) is 0 Å². The minimum absolute atomic E-state index is 0.0166. The monoisotopic (exact) mass is 281 g/mol. The van der Waals surface area contributed by atoms with Crippen LogP contribution in [0.3, 0.4) is 0 Å². The standard InChI is InChI=1S/C18H19NO2/c1-19(2)18(20)17(15-7-5-4-6-8-15)13-14-9-11-16(21-3)12-10-14/h4-13H,1-3H3/b17-13+. The smallest absolute Gasteiger partial charge is 0.253 e. The van der Waals surface area contributed by atoms with E-state index in [-0.39, 0.29) is 5.91 Å². The zero-order valence-electron chi connectivity index (χ0n) is 12.5. The molecule has 0 unspecified atom stereocenters. The first-order valence-corrected chi connectivity index (χ1v) is 6.74. The van der Waals surface area contributed by atoms with Crippen molar-refractivity contribution in [2.45, 2.75) is 0 Å². The van der Waals surface area contributed by atoms with Crippen LogP contribution in [0.15, 0.2) is 54.6 Å². The Kier molecular flexibility index (Phi) is 4.77. The Bertz CT molecular complexity index is 628. The zero-order valence-corrected chi connectivity index (χ0v) is 12.5. The molecule has 0 bridgehead atoms. The van der Waals surface area contributed by atoms with E-state index in [4.69, 9.17) is 4.74 Å². The second kappa shape index (κ2) is 6.75. The Labute approximate surface area is 125 Å². The van der Waals surface area contributed by atoms with Gasteiger partial charge in [-0.25, -0.2) is 0 Å². The van der Waals surface area contributed by atoms with Gasteiger partial charge in [0.2, 0.25) is 0 Å². The van der Waals surface area contributed by atoms with Gasteiger partial charge < -0.3 is 9.64 Å². The van der Waals surface area contributed by atoms with Gasteiger partial charge in [0.1, 0.15) is 5.75 Å². The maximum absolute atomic E-state index is 12.4. The Morgan fingerprint density at radius 2 is 1.62 bits per heavy atom. The molecule has 0 aliphatic carbocycles. The lowest BCUT2D eigenvalue weighted by Crippen LogP contribution is -2.22. The normalized spacial score (nSPS) is 11.1. The SMILES string of the molecule is COc1ccc(/C=C(/C(=O)N(C)C)c2ccccc2)cc1. The third kappa shape index (κ3) is 3.72. The molecular formula is C18H19NO2. The summed E-state index contributed by atoms with van der Waals surface area (Å²) in [5.74, 6) is 0.782. The van der Waals surface area contributed by atoms with Crippen LogP contribution in [0.1, 0.15) is 11.1 Å². The maximum atomic E-state index is 12.4. The highest BCUT2D eigenvalue weighted by atomic mass is 16.5. The molecule has 2 aromatic carbocycles. The van der Waals surface area contributed by atoms with E-state index in [2.05, 4.69) is 0 Å². The number of carbonyl (C=O) groups is 1. The molecule has 0 atom stereocenters. The van der Waals surface area contributed by atoms with Gasteiger partial charge in [-0.15, -0.1) is 0 Å². The van der Waals surface area contributed by atoms with Crippen LogP contribution in [-0.2, 0) is 4.79 Å². The van der Waals surface area contributed by atoms with Crippen molar-refractivity contribution in [3.8, 4) is 5.75 Å². The molecule has 2 rings (SSSR count). The van der Waals surface area contributed by atoms with Crippen LogP contribution in [0, 0.1) is 0 Å². The number of nitrogens with zero attached hydrogens (tertiary/aromatic N) is 1. The lowest BCUT2D eigenvalue weighted by atomic mass is 10.0. The third-order valence-corrected chi connectivity index (χ3v) is 3.15. The van der Waals surface area contributed by atoms with Crippen molar-refractivity contribution >= 4 is 17.6 Å². The van der Waals surface area contributed by atoms with Gasteiger partial charge in [0.05, 0.1) is 7.11 Å². The molecule has 1 amide bonds. The molecule has 3 heteroatoms. The molecule has 108 valence electrons. The molecule has 0 saturated heterocycles. The number of benzene rings is 2. The summed E-state index contributed by atoms with van der Waals surface area (Å²) in [7, 11) is 5.15. The number of amides is 1. The van der Waals surface area contributed by atoms with Gasteiger partial charge in [0.25, 0.3) is 5.91 Å². The van der Waals surface area contributed by atoms with Crippen LogP contribution in [0.5, 0.6) is 5.75 Å². The molecule has 0 aromatic heterocycles. The maximum Gasteiger partial charge on any atom is 0.253 e. The second-order valence-electron chi connectivity index (χ2n) is 4.90. The molecule has 0 fully saturated rings. The van der Waals surface area contributed by atoms with Crippen LogP contribution in [0.4, 0.5) is 0 Å². The van der Waals surface area contributed by atoms with Crippen molar-refractivity contribution < 1.29 is 9.53 Å². The van der Waals surface area contributed by atoms with E-state index < -0.39 is 0 Å². The van der Waals surface area contributed by atoms with Gasteiger partial charge in [-0.1, -0.05) is 42.5 Å². The van der Waals surface area contributed by atoms with Crippen LogP contribution < -0.4 is 4.74 Å². The van der Waals surface area contributed by atoms with Crippen molar-refractivity contribution in [1.29, 1.82) is 0 Å². The summed E-state index contributed by atoms with van der Waals surface area (Å²) in [6.07, 6.45) is 1.90. The average Bonchev–Trinajstić information content (AvgIpc) is 2.53. The van der Waals surface area contributed by atoms with Crippen molar-refractivity contribution in [2.24, 2.45) is 0 Å². The van der Waals surface area contributed by atoms with Gasteiger partial charge in [0.15, 0.2) is 0 Å². The molecule has 0 saturated carbocycles. The first kappa shape index (κ1) is 14.9. The van der Waals surface area contributed by atoms with E-state index in [0.717, 1.165) is 16.9 Å². The first-order valence-electron chi connectivity index (χ1n) is 6.74. The predicted octanol–water partition coefficient (Wildman–Crippen LogP) is 3.32. The minimum atomic E-state index is -0.0166. The molecule has 21 heavy (non-hydrogen) atoms. The van der Waals surface area contributed by atoms with Crippen LogP contribution in [0.25, 0.3) is 11.6 Å². The van der Waals surface area contributed by atoms with E-state index in [9.17, 15) is 4.79 Å².